The van der Waals surface area contributed by atoms with Gasteiger partial charge < -0.3 is 20.3 Å². The summed E-state index contributed by atoms with van der Waals surface area (Å²) in [5.74, 6) is 0.783. The molecule has 102 valence electrons. The van der Waals surface area contributed by atoms with E-state index in [9.17, 15) is 0 Å². The third-order valence-electron chi connectivity index (χ3n) is 2.80. The van der Waals surface area contributed by atoms with E-state index in [1.165, 1.54) is 0 Å². The van der Waals surface area contributed by atoms with Crippen molar-refractivity contribution in [2.24, 2.45) is 0 Å². The summed E-state index contributed by atoms with van der Waals surface area (Å²) in [5, 5.41) is 0. The molecule has 1 aromatic carbocycles. The van der Waals surface area contributed by atoms with Crippen LogP contribution in [0.3, 0.4) is 0 Å². The number of ether oxygens (including phenoxy) is 1. The minimum absolute atomic E-state index is 0.703. The highest BCUT2D eigenvalue weighted by molar-refractivity contribution is 5.73. The van der Waals surface area contributed by atoms with Gasteiger partial charge in [0.2, 0.25) is 0 Å². The van der Waals surface area contributed by atoms with Crippen molar-refractivity contribution in [2.75, 3.05) is 51.5 Å². The smallest absolute Gasteiger partial charge is 0.144 e. The number of nitrogens with two attached hydrogens (primary N) is 1. The van der Waals surface area contributed by atoms with Gasteiger partial charge in [0, 0.05) is 20.1 Å². The van der Waals surface area contributed by atoms with Crippen molar-refractivity contribution in [1.29, 1.82) is 0 Å². The lowest BCUT2D eigenvalue weighted by Crippen LogP contribution is -2.29. The maximum absolute atomic E-state index is 6.15. The van der Waals surface area contributed by atoms with Crippen LogP contribution in [-0.4, -0.2) is 45.7 Å². The zero-order valence-electron chi connectivity index (χ0n) is 11.9. The molecule has 0 aliphatic rings. The second-order valence-electron chi connectivity index (χ2n) is 4.76. The van der Waals surface area contributed by atoms with Gasteiger partial charge >= 0.3 is 0 Å². The second-order valence-corrected chi connectivity index (χ2v) is 4.76. The van der Waals surface area contributed by atoms with E-state index in [0.29, 0.717) is 6.61 Å². The molecular weight excluding hydrogens is 226 g/mol. The lowest BCUT2D eigenvalue weighted by molar-refractivity contribution is 0.319. The molecule has 1 rings (SSSR count). The molecular formula is C14H25N3O. The zero-order valence-corrected chi connectivity index (χ0v) is 11.9. The Hall–Kier alpha value is -1.42. The Morgan fingerprint density at radius 2 is 1.89 bits per heavy atom. The number of benzene rings is 1. The molecule has 0 amide bonds. The molecule has 0 aliphatic carbocycles. The Kier molecular flexibility index (Phi) is 5.78. The van der Waals surface area contributed by atoms with Crippen LogP contribution in [0.15, 0.2) is 18.2 Å². The van der Waals surface area contributed by atoms with Gasteiger partial charge in [-0.15, -0.1) is 0 Å². The molecule has 0 saturated heterocycles. The monoisotopic (exact) mass is 251 g/mol. The van der Waals surface area contributed by atoms with E-state index in [4.69, 9.17) is 10.5 Å². The fourth-order valence-electron chi connectivity index (χ4n) is 1.67. The topological polar surface area (TPSA) is 41.7 Å². The largest absolute Gasteiger partial charge is 0.491 e. The molecule has 0 heterocycles. The Labute approximate surface area is 110 Å². The molecule has 18 heavy (non-hydrogen) atoms. The number of hydrogen-bond donors (Lipinski definition) is 1. The van der Waals surface area contributed by atoms with Crippen molar-refractivity contribution < 1.29 is 4.74 Å². The van der Waals surface area contributed by atoms with E-state index >= 15 is 0 Å². The van der Waals surface area contributed by atoms with Crippen LogP contribution in [0.2, 0.25) is 0 Å². The minimum atomic E-state index is 0.703. The van der Waals surface area contributed by atoms with Crippen molar-refractivity contribution in [3.8, 4) is 5.75 Å². The summed E-state index contributed by atoms with van der Waals surface area (Å²) < 4.78 is 5.64. The average Bonchev–Trinajstić information content (AvgIpc) is 2.34. The van der Waals surface area contributed by atoms with Gasteiger partial charge in [-0.2, -0.15) is 0 Å². The van der Waals surface area contributed by atoms with Crippen molar-refractivity contribution in [3.05, 3.63) is 18.2 Å². The minimum Gasteiger partial charge on any atom is -0.491 e. The highest BCUT2D eigenvalue weighted by Crippen LogP contribution is 2.31. The number of rotatable bonds is 7. The van der Waals surface area contributed by atoms with Crippen LogP contribution in [0.4, 0.5) is 11.4 Å². The lowest BCUT2D eigenvalue weighted by atomic mass is 10.2. The summed E-state index contributed by atoms with van der Waals surface area (Å²) >= 11 is 0. The molecule has 2 N–H and O–H groups in total. The summed E-state index contributed by atoms with van der Waals surface area (Å²) in [6.07, 6.45) is 0.986. The summed E-state index contributed by atoms with van der Waals surface area (Å²) in [6, 6.07) is 5.95. The SMILES string of the molecule is CCCOc1cccc(N(C)CCN(C)C)c1N. The number of hydrogen-bond acceptors (Lipinski definition) is 4. The van der Waals surface area contributed by atoms with E-state index < -0.39 is 0 Å². The number of nitrogen functional groups attached to an aromatic ring is 1. The predicted molar refractivity (Wildman–Crippen MR) is 78.5 cm³/mol. The van der Waals surface area contributed by atoms with E-state index in [1.807, 2.05) is 18.2 Å². The van der Waals surface area contributed by atoms with Gasteiger partial charge in [-0.05, 0) is 32.6 Å². The molecule has 0 radical (unpaired) electrons. The van der Waals surface area contributed by atoms with Crippen LogP contribution < -0.4 is 15.4 Å². The van der Waals surface area contributed by atoms with Gasteiger partial charge in [0.1, 0.15) is 5.75 Å². The van der Waals surface area contributed by atoms with Gasteiger partial charge in [0.25, 0.3) is 0 Å². The fourth-order valence-corrected chi connectivity index (χ4v) is 1.67. The Morgan fingerprint density at radius 1 is 1.17 bits per heavy atom. The van der Waals surface area contributed by atoms with Gasteiger partial charge in [0.15, 0.2) is 0 Å². The number of nitrogens with zero attached hydrogens (tertiary/aromatic N) is 2. The van der Waals surface area contributed by atoms with Crippen LogP contribution in [0, 0.1) is 0 Å². The van der Waals surface area contributed by atoms with Crippen LogP contribution in [0.5, 0.6) is 5.75 Å². The summed E-state index contributed by atoms with van der Waals surface area (Å²) in [5.41, 5.74) is 7.91. The summed E-state index contributed by atoms with van der Waals surface area (Å²) in [6.45, 7) is 4.72. The molecule has 0 atom stereocenters. The first-order valence-electron chi connectivity index (χ1n) is 6.43. The molecule has 0 saturated carbocycles. The van der Waals surface area contributed by atoms with Crippen molar-refractivity contribution in [3.63, 3.8) is 0 Å². The first kappa shape index (κ1) is 14.6. The highest BCUT2D eigenvalue weighted by Gasteiger charge is 2.09. The first-order chi connectivity index (χ1) is 8.56. The molecule has 0 aliphatic heterocycles. The quantitative estimate of drug-likeness (QED) is 0.753. The van der Waals surface area contributed by atoms with Crippen LogP contribution >= 0.6 is 0 Å². The van der Waals surface area contributed by atoms with Crippen molar-refractivity contribution in [2.45, 2.75) is 13.3 Å². The lowest BCUT2D eigenvalue weighted by Gasteiger charge is -2.24. The highest BCUT2D eigenvalue weighted by atomic mass is 16.5. The normalized spacial score (nSPS) is 10.7. The zero-order chi connectivity index (χ0) is 13.5. The predicted octanol–water partition coefficient (Wildman–Crippen LogP) is 2.06. The summed E-state index contributed by atoms with van der Waals surface area (Å²) in [7, 11) is 6.19. The molecule has 1 aromatic rings. The standard InChI is InChI=1S/C14H25N3O/c1-5-11-18-13-8-6-7-12(14(13)15)17(4)10-9-16(2)3/h6-8H,5,9-11,15H2,1-4H3. The third-order valence-corrected chi connectivity index (χ3v) is 2.80. The van der Waals surface area contributed by atoms with E-state index in [-0.39, 0.29) is 0 Å². The maximum Gasteiger partial charge on any atom is 0.144 e. The number of likely N-dealkylation sites (N-methyl/N-ethyl adjacent to an activating group) is 2. The van der Waals surface area contributed by atoms with Gasteiger partial charge in [-0.3, -0.25) is 0 Å². The Bertz CT molecular complexity index is 366. The van der Waals surface area contributed by atoms with Crippen molar-refractivity contribution >= 4 is 11.4 Å². The van der Waals surface area contributed by atoms with Crippen molar-refractivity contribution in [1.82, 2.24) is 4.90 Å². The molecule has 0 unspecified atom stereocenters. The average molecular weight is 251 g/mol. The third kappa shape index (κ3) is 4.11. The molecule has 4 nitrogen and oxygen atoms in total. The van der Waals surface area contributed by atoms with E-state index in [2.05, 4.69) is 37.9 Å². The Morgan fingerprint density at radius 3 is 2.50 bits per heavy atom. The van der Waals surface area contributed by atoms with Crippen LogP contribution in [0.1, 0.15) is 13.3 Å². The molecule has 4 heteroatoms. The molecule has 0 spiro atoms. The van der Waals surface area contributed by atoms with Gasteiger partial charge in [0.05, 0.1) is 18.0 Å². The number of para-hydroxylation sites is 1. The summed E-state index contributed by atoms with van der Waals surface area (Å²) in [4.78, 5) is 4.32. The molecule has 0 bridgehead atoms. The van der Waals surface area contributed by atoms with Gasteiger partial charge in [-0.25, -0.2) is 0 Å². The molecule has 0 aromatic heterocycles. The van der Waals surface area contributed by atoms with Gasteiger partial charge in [-0.1, -0.05) is 13.0 Å². The van der Waals surface area contributed by atoms with Crippen LogP contribution in [-0.2, 0) is 0 Å². The fraction of sp³-hybridized carbons (Fsp3) is 0.571. The van der Waals surface area contributed by atoms with E-state index in [1.54, 1.807) is 0 Å². The number of anilines is 2. The first-order valence-corrected chi connectivity index (χ1v) is 6.43. The van der Waals surface area contributed by atoms with E-state index in [0.717, 1.165) is 36.6 Å². The Balaban J connectivity index is 2.75. The molecule has 0 fully saturated rings. The van der Waals surface area contributed by atoms with Crippen LogP contribution in [0.25, 0.3) is 0 Å². The maximum atomic E-state index is 6.15. The second kappa shape index (κ2) is 7.11.